The molecule has 13 heteroatoms. The van der Waals surface area contributed by atoms with Crippen molar-refractivity contribution in [1.82, 2.24) is 4.98 Å². The van der Waals surface area contributed by atoms with Gasteiger partial charge in [0.15, 0.2) is 0 Å². The highest BCUT2D eigenvalue weighted by Crippen LogP contribution is 2.45. The molecular formula is C27H28Cl2F4N4O3. The lowest BCUT2D eigenvalue weighted by atomic mass is 9.99. The highest BCUT2D eigenvalue weighted by atomic mass is 35.5. The van der Waals surface area contributed by atoms with E-state index in [2.05, 4.69) is 10.3 Å². The van der Waals surface area contributed by atoms with Crippen LogP contribution in [0.3, 0.4) is 0 Å². The van der Waals surface area contributed by atoms with Crippen molar-refractivity contribution in [1.29, 1.82) is 0 Å². The van der Waals surface area contributed by atoms with E-state index in [1.807, 2.05) is 0 Å². The van der Waals surface area contributed by atoms with E-state index in [0.717, 1.165) is 37.1 Å². The van der Waals surface area contributed by atoms with E-state index in [4.69, 9.17) is 15.2 Å². The van der Waals surface area contributed by atoms with Gasteiger partial charge in [-0.25, -0.2) is 17.6 Å². The summed E-state index contributed by atoms with van der Waals surface area (Å²) < 4.78 is 71.6. The Bertz CT molecular complexity index is 1350. The summed E-state index contributed by atoms with van der Waals surface area (Å²) in [6.07, 6.45) is 4.65. The number of rotatable bonds is 8. The van der Waals surface area contributed by atoms with E-state index >= 15 is 13.2 Å². The number of hydrogen-bond acceptors (Lipinski definition) is 6. The van der Waals surface area contributed by atoms with Gasteiger partial charge in [0, 0.05) is 43.0 Å². The molecule has 1 saturated heterocycles. The van der Waals surface area contributed by atoms with Gasteiger partial charge in [-0.15, -0.1) is 24.8 Å². The number of benzene rings is 2. The summed E-state index contributed by atoms with van der Waals surface area (Å²) in [5, 5.41) is 2.50. The molecule has 5 rings (SSSR count). The molecule has 2 fully saturated rings. The van der Waals surface area contributed by atoms with Crippen molar-refractivity contribution in [3.63, 3.8) is 0 Å². The molecule has 0 bridgehead atoms. The number of nitrogens with zero attached hydrogens (tertiary/aromatic N) is 2. The van der Waals surface area contributed by atoms with Crippen molar-refractivity contribution in [2.75, 3.05) is 49.7 Å². The Hall–Kier alpha value is -3.12. The summed E-state index contributed by atoms with van der Waals surface area (Å²) in [5.41, 5.74) is 3.60. The molecule has 3 aromatic rings. The maximum Gasteiger partial charge on any atom is 0.258 e. The number of nitrogens with two attached hydrogens (primary N) is 1. The highest BCUT2D eigenvalue weighted by Gasteiger charge is 2.42. The number of ether oxygens (including phenoxy) is 2. The summed E-state index contributed by atoms with van der Waals surface area (Å²) in [6, 6.07) is 5.27. The Labute approximate surface area is 240 Å². The molecule has 2 aliphatic rings. The lowest BCUT2D eigenvalue weighted by Crippen LogP contribution is -2.36. The Morgan fingerprint density at radius 2 is 1.70 bits per heavy atom. The van der Waals surface area contributed by atoms with Crippen molar-refractivity contribution in [3.05, 3.63) is 71.6 Å². The first-order valence-electron chi connectivity index (χ1n) is 12.2. The molecule has 3 N–H and O–H groups in total. The van der Waals surface area contributed by atoms with Gasteiger partial charge in [0.05, 0.1) is 42.7 Å². The van der Waals surface area contributed by atoms with Crippen LogP contribution >= 0.6 is 24.8 Å². The number of carbonyl (C=O) groups excluding carboxylic acids is 1. The number of aromatic nitrogens is 1. The smallest absolute Gasteiger partial charge is 0.258 e. The summed E-state index contributed by atoms with van der Waals surface area (Å²) in [4.78, 5) is 18.7. The first-order chi connectivity index (χ1) is 18.3. The second-order valence-electron chi connectivity index (χ2n) is 9.49. The third kappa shape index (κ3) is 6.43. The van der Waals surface area contributed by atoms with Crippen molar-refractivity contribution >= 4 is 42.1 Å². The second kappa shape index (κ2) is 13.0. The minimum Gasteiger partial charge on any atom is -0.491 e. The Kier molecular flexibility index (Phi) is 10.2. The molecule has 1 aliphatic carbocycles. The molecule has 0 atom stereocenters. The molecule has 40 heavy (non-hydrogen) atoms. The number of amides is 1. The van der Waals surface area contributed by atoms with Crippen molar-refractivity contribution < 1.29 is 31.8 Å². The van der Waals surface area contributed by atoms with E-state index in [-0.39, 0.29) is 41.6 Å². The van der Waals surface area contributed by atoms with Crippen LogP contribution in [0.15, 0.2) is 42.7 Å². The number of carbonyl (C=O) groups is 1. The van der Waals surface area contributed by atoms with Gasteiger partial charge >= 0.3 is 0 Å². The normalized spacial score (nSPS) is 15.5. The minimum absolute atomic E-state index is 0. The predicted molar refractivity (Wildman–Crippen MR) is 148 cm³/mol. The number of morpholine rings is 1. The molecule has 216 valence electrons. The molecule has 0 spiro atoms. The number of nitrogens with one attached hydrogen (secondary N) is 1. The zero-order valence-corrected chi connectivity index (χ0v) is 22.9. The molecule has 7 nitrogen and oxygen atoms in total. The summed E-state index contributed by atoms with van der Waals surface area (Å²) in [7, 11) is 0. The minimum atomic E-state index is -1.40. The summed E-state index contributed by atoms with van der Waals surface area (Å²) >= 11 is 0. The maximum absolute atomic E-state index is 15.5. The zero-order chi connectivity index (χ0) is 26.9. The largest absolute Gasteiger partial charge is 0.491 e. The van der Waals surface area contributed by atoms with Gasteiger partial charge in [-0.05, 0) is 37.1 Å². The molecule has 1 saturated carbocycles. The van der Waals surface area contributed by atoms with Gasteiger partial charge in [-0.1, -0.05) is 0 Å². The van der Waals surface area contributed by atoms with Crippen LogP contribution in [0.25, 0.3) is 11.1 Å². The Balaban J connectivity index is 0.00000220. The fraction of sp³-hybridized carbons (Fsp3) is 0.333. The standard InChI is InChI=1S/C27H26F4N4O3.2ClH/c28-18-2-1-17(26(36)34-21-13-33-6-3-22(21)38-15-27(14-32)4-5-27)25(31)24(18)23-19(29)11-16(12-20(23)30)35-7-9-37-10-8-35;;/h1-3,6,11-13H,4-5,7-10,14-15,32H2,(H,34,36);2*1H. The van der Waals surface area contributed by atoms with E-state index in [0.29, 0.717) is 45.2 Å². The molecule has 0 radical (unpaired) electrons. The Morgan fingerprint density at radius 1 is 1.02 bits per heavy atom. The average Bonchev–Trinajstić information content (AvgIpc) is 3.70. The number of hydrogen-bond donors (Lipinski definition) is 2. The van der Waals surface area contributed by atoms with Crippen molar-refractivity contribution in [2.45, 2.75) is 12.8 Å². The zero-order valence-electron chi connectivity index (χ0n) is 21.2. The second-order valence-corrected chi connectivity index (χ2v) is 9.49. The van der Waals surface area contributed by atoms with Gasteiger partial charge in [0.1, 0.15) is 34.7 Å². The van der Waals surface area contributed by atoms with Crippen LogP contribution in [-0.2, 0) is 4.74 Å². The first kappa shape index (κ1) is 31.4. The number of anilines is 2. The molecule has 2 aromatic carbocycles. The fourth-order valence-corrected chi connectivity index (χ4v) is 4.37. The van der Waals surface area contributed by atoms with Gasteiger partial charge < -0.3 is 25.4 Å². The van der Waals surface area contributed by atoms with Crippen LogP contribution in [0.5, 0.6) is 5.75 Å². The molecule has 1 aromatic heterocycles. The lowest BCUT2D eigenvalue weighted by molar-refractivity contribution is 0.102. The van der Waals surface area contributed by atoms with Gasteiger partial charge in [-0.3, -0.25) is 9.78 Å². The number of pyridine rings is 1. The van der Waals surface area contributed by atoms with Crippen LogP contribution < -0.4 is 20.7 Å². The van der Waals surface area contributed by atoms with E-state index in [9.17, 15) is 9.18 Å². The maximum atomic E-state index is 15.5. The molecule has 0 unspecified atom stereocenters. The third-order valence-electron chi connectivity index (χ3n) is 6.94. The number of halogens is 6. The topological polar surface area (TPSA) is 89.7 Å². The van der Waals surface area contributed by atoms with Crippen LogP contribution in [0.2, 0.25) is 0 Å². The molecule has 1 amide bonds. The quantitative estimate of drug-likeness (QED) is 0.338. The predicted octanol–water partition coefficient (Wildman–Crippen LogP) is 5.36. The molecule has 2 heterocycles. The van der Waals surface area contributed by atoms with Crippen LogP contribution in [0, 0.1) is 28.7 Å². The molecule has 1 aliphatic heterocycles. The van der Waals surface area contributed by atoms with Crippen LogP contribution in [0.4, 0.5) is 28.9 Å². The van der Waals surface area contributed by atoms with Crippen molar-refractivity contribution in [3.8, 4) is 16.9 Å². The van der Waals surface area contributed by atoms with Gasteiger partial charge in [0.2, 0.25) is 0 Å². The van der Waals surface area contributed by atoms with Gasteiger partial charge in [0.25, 0.3) is 5.91 Å². The summed E-state index contributed by atoms with van der Waals surface area (Å²) in [6.45, 7) is 2.42. The Morgan fingerprint density at radius 3 is 2.33 bits per heavy atom. The third-order valence-corrected chi connectivity index (χ3v) is 6.94. The van der Waals surface area contributed by atoms with E-state index in [1.54, 1.807) is 4.90 Å². The van der Waals surface area contributed by atoms with Crippen LogP contribution in [-0.4, -0.2) is 50.3 Å². The molecular weight excluding hydrogens is 575 g/mol. The van der Waals surface area contributed by atoms with Crippen LogP contribution in [0.1, 0.15) is 23.2 Å². The SMILES string of the molecule is Cl.Cl.NCC1(COc2ccncc2NC(=O)c2ccc(F)c(-c3c(F)cc(N4CCOCC4)cc3F)c2F)CC1. The van der Waals surface area contributed by atoms with E-state index < -0.39 is 45.9 Å². The average molecular weight is 603 g/mol. The van der Waals surface area contributed by atoms with E-state index in [1.165, 1.54) is 18.5 Å². The summed E-state index contributed by atoms with van der Waals surface area (Å²) in [5.74, 6) is -5.58. The highest BCUT2D eigenvalue weighted by molar-refractivity contribution is 6.06. The lowest BCUT2D eigenvalue weighted by Gasteiger charge is -2.29. The van der Waals surface area contributed by atoms with Gasteiger partial charge in [-0.2, -0.15) is 0 Å². The first-order valence-corrected chi connectivity index (χ1v) is 12.2. The monoisotopic (exact) mass is 602 g/mol. The van der Waals surface area contributed by atoms with Crippen molar-refractivity contribution in [2.24, 2.45) is 11.1 Å². The fourth-order valence-electron chi connectivity index (χ4n) is 4.37.